The highest BCUT2D eigenvalue weighted by atomic mass is 16.6. The first-order valence-electron chi connectivity index (χ1n) is 8.02. The van der Waals surface area contributed by atoms with Crippen molar-refractivity contribution in [3.8, 4) is 5.75 Å². The van der Waals surface area contributed by atoms with Crippen LogP contribution < -0.4 is 15.0 Å². The largest absolute Gasteiger partial charge is 0.497 e. The molecular formula is C18H19N3O4. The Morgan fingerprint density at radius 3 is 2.72 bits per heavy atom. The third-order valence-corrected chi connectivity index (χ3v) is 4.29. The second kappa shape index (κ2) is 7.21. The van der Waals surface area contributed by atoms with Crippen LogP contribution in [0.3, 0.4) is 0 Å². The Hall–Kier alpha value is -3.09. The van der Waals surface area contributed by atoms with Crippen LogP contribution in [0.2, 0.25) is 0 Å². The average molecular weight is 341 g/mol. The molecule has 25 heavy (non-hydrogen) atoms. The van der Waals surface area contributed by atoms with Crippen LogP contribution in [0.1, 0.15) is 16.8 Å². The number of nitrogens with zero attached hydrogens (tertiary/aromatic N) is 2. The van der Waals surface area contributed by atoms with Gasteiger partial charge < -0.3 is 15.0 Å². The zero-order valence-electron chi connectivity index (χ0n) is 13.8. The van der Waals surface area contributed by atoms with Crippen LogP contribution in [0, 0.1) is 10.1 Å². The standard InChI is InChI=1S/C18H19N3O4/c1-25-15-7-8-17(21(23)24)16(11-15)18(22)19-13-9-10-20(12-13)14-5-3-2-4-6-14/h2-8,11,13H,9-10,12H2,1H3,(H,19,22)/t13-/m1/s1. The molecule has 0 spiro atoms. The lowest BCUT2D eigenvalue weighted by Gasteiger charge is -2.19. The molecule has 1 aliphatic heterocycles. The van der Waals surface area contributed by atoms with Gasteiger partial charge in [0.05, 0.1) is 12.0 Å². The lowest BCUT2D eigenvalue weighted by molar-refractivity contribution is -0.385. The van der Waals surface area contributed by atoms with Crippen molar-refractivity contribution < 1.29 is 14.5 Å². The molecule has 130 valence electrons. The number of ether oxygens (including phenoxy) is 1. The van der Waals surface area contributed by atoms with Gasteiger partial charge >= 0.3 is 0 Å². The average Bonchev–Trinajstić information content (AvgIpc) is 3.10. The van der Waals surface area contributed by atoms with Crippen molar-refractivity contribution in [3.05, 3.63) is 64.2 Å². The van der Waals surface area contributed by atoms with Gasteiger partial charge in [0.15, 0.2) is 0 Å². The number of carbonyl (C=O) groups is 1. The first kappa shape index (κ1) is 16.8. The van der Waals surface area contributed by atoms with Crippen molar-refractivity contribution in [1.29, 1.82) is 0 Å². The fraction of sp³-hybridized carbons (Fsp3) is 0.278. The maximum Gasteiger partial charge on any atom is 0.282 e. The van der Waals surface area contributed by atoms with Crippen LogP contribution in [-0.4, -0.2) is 37.1 Å². The van der Waals surface area contributed by atoms with Crippen LogP contribution in [0.4, 0.5) is 11.4 Å². The van der Waals surface area contributed by atoms with Gasteiger partial charge in [-0.2, -0.15) is 0 Å². The lowest BCUT2D eigenvalue weighted by Crippen LogP contribution is -2.37. The van der Waals surface area contributed by atoms with E-state index in [-0.39, 0.29) is 17.3 Å². The van der Waals surface area contributed by atoms with E-state index < -0.39 is 10.8 Å². The molecule has 0 aromatic heterocycles. The number of rotatable bonds is 5. The molecule has 0 bridgehead atoms. The molecule has 3 rings (SSSR count). The summed E-state index contributed by atoms with van der Waals surface area (Å²) in [5, 5.41) is 14.1. The molecule has 1 heterocycles. The van der Waals surface area contributed by atoms with E-state index >= 15 is 0 Å². The zero-order chi connectivity index (χ0) is 17.8. The van der Waals surface area contributed by atoms with Crippen molar-refractivity contribution in [2.75, 3.05) is 25.1 Å². The minimum Gasteiger partial charge on any atom is -0.497 e. The summed E-state index contributed by atoms with van der Waals surface area (Å²) in [6.07, 6.45) is 0.790. The molecule has 1 N–H and O–H groups in total. The lowest BCUT2D eigenvalue weighted by atomic mass is 10.1. The molecule has 7 nitrogen and oxygen atoms in total. The van der Waals surface area contributed by atoms with E-state index in [0.29, 0.717) is 12.3 Å². The van der Waals surface area contributed by atoms with Crippen molar-refractivity contribution in [3.63, 3.8) is 0 Å². The second-order valence-corrected chi connectivity index (χ2v) is 5.88. The summed E-state index contributed by atoms with van der Waals surface area (Å²) in [5.74, 6) is -0.0430. The third kappa shape index (κ3) is 3.71. The molecule has 0 radical (unpaired) electrons. The van der Waals surface area contributed by atoms with E-state index in [2.05, 4.69) is 10.2 Å². The number of hydrogen-bond donors (Lipinski definition) is 1. The Labute approximate surface area is 145 Å². The van der Waals surface area contributed by atoms with Gasteiger partial charge in [0.25, 0.3) is 11.6 Å². The van der Waals surface area contributed by atoms with E-state index in [9.17, 15) is 14.9 Å². The van der Waals surface area contributed by atoms with Gasteiger partial charge in [-0.15, -0.1) is 0 Å². The Morgan fingerprint density at radius 1 is 1.28 bits per heavy atom. The monoisotopic (exact) mass is 341 g/mol. The number of benzene rings is 2. The van der Waals surface area contributed by atoms with Crippen molar-refractivity contribution in [1.82, 2.24) is 5.32 Å². The number of methoxy groups -OCH3 is 1. The predicted octanol–water partition coefficient (Wildman–Crippen LogP) is 2.61. The summed E-state index contributed by atoms with van der Waals surface area (Å²) in [5.41, 5.74) is 0.894. The van der Waals surface area contributed by atoms with Crippen molar-refractivity contribution >= 4 is 17.3 Å². The Morgan fingerprint density at radius 2 is 2.04 bits per heavy atom. The van der Waals surface area contributed by atoms with Crippen molar-refractivity contribution in [2.24, 2.45) is 0 Å². The number of hydrogen-bond acceptors (Lipinski definition) is 5. The van der Waals surface area contributed by atoms with E-state index in [0.717, 1.165) is 18.7 Å². The van der Waals surface area contributed by atoms with Gasteiger partial charge in [-0.3, -0.25) is 14.9 Å². The van der Waals surface area contributed by atoms with Gasteiger partial charge in [-0.25, -0.2) is 0 Å². The van der Waals surface area contributed by atoms with Crippen LogP contribution in [-0.2, 0) is 0 Å². The molecule has 1 saturated heterocycles. The molecule has 2 aromatic carbocycles. The third-order valence-electron chi connectivity index (χ3n) is 4.29. The highest BCUT2D eigenvalue weighted by Crippen LogP contribution is 2.25. The van der Waals surface area contributed by atoms with E-state index in [1.54, 1.807) is 0 Å². The maximum absolute atomic E-state index is 12.5. The number of anilines is 1. The van der Waals surface area contributed by atoms with Gasteiger partial charge in [-0.05, 0) is 30.7 Å². The number of nitro benzene ring substituents is 1. The predicted molar refractivity (Wildman–Crippen MR) is 94.2 cm³/mol. The molecule has 2 aromatic rings. The topological polar surface area (TPSA) is 84.7 Å². The normalized spacial score (nSPS) is 16.5. The Bertz CT molecular complexity index is 779. The van der Waals surface area contributed by atoms with Crippen molar-refractivity contribution in [2.45, 2.75) is 12.5 Å². The minimum absolute atomic E-state index is 0.0162. The summed E-state index contributed by atoms with van der Waals surface area (Å²) in [6, 6.07) is 14.1. The number of nitrogens with one attached hydrogen (secondary N) is 1. The second-order valence-electron chi connectivity index (χ2n) is 5.88. The van der Waals surface area contributed by atoms with Crippen LogP contribution >= 0.6 is 0 Å². The number of carbonyl (C=O) groups excluding carboxylic acids is 1. The number of nitro groups is 1. The molecule has 0 aliphatic carbocycles. The highest BCUT2D eigenvalue weighted by molar-refractivity contribution is 5.98. The Balaban J connectivity index is 1.72. The van der Waals surface area contributed by atoms with E-state index in [4.69, 9.17) is 4.74 Å². The fourth-order valence-electron chi connectivity index (χ4n) is 3.00. The molecule has 0 unspecified atom stereocenters. The SMILES string of the molecule is COc1ccc([N+](=O)[O-])c(C(=O)N[C@@H]2CCN(c3ccccc3)C2)c1. The summed E-state index contributed by atoms with van der Waals surface area (Å²) >= 11 is 0. The first-order chi connectivity index (χ1) is 12.1. The first-order valence-corrected chi connectivity index (χ1v) is 8.02. The highest BCUT2D eigenvalue weighted by Gasteiger charge is 2.27. The molecular weight excluding hydrogens is 322 g/mol. The molecule has 1 aliphatic rings. The maximum atomic E-state index is 12.5. The van der Waals surface area contributed by atoms with Gasteiger partial charge in [0.2, 0.25) is 0 Å². The summed E-state index contributed by atoms with van der Waals surface area (Å²) in [4.78, 5) is 25.4. The Kier molecular flexibility index (Phi) is 4.83. The van der Waals surface area contributed by atoms with Gasteiger partial charge in [0.1, 0.15) is 11.3 Å². The minimum atomic E-state index is -0.556. The quantitative estimate of drug-likeness (QED) is 0.667. The van der Waals surface area contributed by atoms with E-state index in [1.165, 1.54) is 25.3 Å². The van der Waals surface area contributed by atoms with Crippen LogP contribution in [0.15, 0.2) is 48.5 Å². The molecule has 0 saturated carbocycles. The smallest absolute Gasteiger partial charge is 0.282 e. The van der Waals surface area contributed by atoms with E-state index in [1.807, 2.05) is 30.3 Å². The number of para-hydroxylation sites is 1. The molecule has 7 heteroatoms. The summed E-state index contributed by atoms with van der Waals surface area (Å²) in [6.45, 7) is 1.50. The van der Waals surface area contributed by atoms with Gasteiger partial charge in [-0.1, -0.05) is 18.2 Å². The molecule has 1 atom stereocenters. The van der Waals surface area contributed by atoms with Crippen LogP contribution in [0.5, 0.6) is 5.75 Å². The molecule has 1 fully saturated rings. The van der Waals surface area contributed by atoms with Crippen LogP contribution in [0.25, 0.3) is 0 Å². The van der Waals surface area contributed by atoms with Gasteiger partial charge in [0, 0.05) is 30.9 Å². The molecule has 1 amide bonds. The zero-order valence-corrected chi connectivity index (χ0v) is 13.8. The summed E-state index contributed by atoms with van der Waals surface area (Å²) < 4.78 is 5.07. The fourth-order valence-corrected chi connectivity index (χ4v) is 3.00. The summed E-state index contributed by atoms with van der Waals surface area (Å²) in [7, 11) is 1.46. The number of amides is 1.